The maximum atomic E-state index is 5.90. The largest absolute Gasteiger partial charge is 0.492 e. The second kappa shape index (κ2) is 7.79. The highest BCUT2D eigenvalue weighted by Gasteiger charge is 2.08. The molecule has 2 aromatic rings. The van der Waals surface area contributed by atoms with Gasteiger partial charge in [-0.05, 0) is 44.4 Å². The fraction of sp³-hybridized carbons (Fsp3) is 0.389. The first-order valence-corrected chi connectivity index (χ1v) is 7.54. The summed E-state index contributed by atoms with van der Waals surface area (Å²) in [7, 11) is 0. The number of aryl methyl sites for hydroxylation is 2. The van der Waals surface area contributed by atoms with Crippen molar-refractivity contribution >= 4 is 0 Å². The summed E-state index contributed by atoms with van der Waals surface area (Å²) >= 11 is 0. The number of benzene rings is 1. The molecule has 0 aliphatic heterocycles. The predicted molar refractivity (Wildman–Crippen MR) is 86.6 cm³/mol. The quantitative estimate of drug-likeness (QED) is 0.794. The zero-order valence-electron chi connectivity index (χ0n) is 12.9. The summed E-state index contributed by atoms with van der Waals surface area (Å²) < 4.78 is 5.90. The lowest BCUT2D eigenvalue weighted by molar-refractivity contribution is 0.305. The van der Waals surface area contributed by atoms with E-state index in [0.29, 0.717) is 6.61 Å². The summed E-state index contributed by atoms with van der Waals surface area (Å²) in [4.78, 5) is 4.55. The van der Waals surface area contributed by atoms with Gasteiger partial charge in [0.2, 0.25) is 0 Å². The maximum absolute atomic E-state index is 5.90. The van der Waals surface area contributed by atoms with Crippen molar-refractivity contribution in [1.82, 2.24) is 4.98 Å². The number of nitrogens with two attached hydrogens (primary N) is 1. The molecule has 0 radical (unpaired) electrons. The highest BCUT2D eigenvalue weighted by atomic mass is 16.5. The average molecular weight is 284 g/mol. The van der Waals surface area contributed by atoms with Crippen LogP contribution < -0.4 is 10.5 Å². The standard InChI is InChI=1S/C18H24N2O/c1-14(19)13-17-18(11-10-15(2)20-17)21-12-6-9-16-7-4-3-5-8-16/h3-5,7-8,10-11,14H,6,9,12-13,19H2,1-2H3. The zero-order chi connectivity index (χ0) is 15.1. The van der Waals surface area contributed by atoms with E-state index in [-0.39, 0.29) is 6.04 Å². The number of aromatic nitrogens is 1. The number of nitrogens with zero attached hydrogens (tertiary/aromatic N) is 1. The van der Waals surface area contributed by atoms with Gasteiger partial charge in [-0.2, -0.15) is 0 Å². The van der Waals surface area contributed by atoms with E-state index in [1.807, 2.05) is 32.0 Å². The number of rotatable bonds is 7. The number of pyridine rings is 1. The van der Waals surface area contributed by atoms with Gasteiger partial charge in [0.05, 0.1) is 12.3 Å². The van der Waals surface area contributed by atoms with Gasteiger partial charge < -0.3 is 10.5 Å². The lowest BCUT2D eigenvalue weighted by Gasteiger charge is -2.13. The Kier molecular flexibility index (Phi) is 5.76. The third-order valence-corrected chi connectivity index (χ3v) is 3.30. The molecule has 21 heavy (non-hydrogen) atoms. The lowest BCUT2D eigenvalue weighted by atomic mass is 10.1. The van der Waals surface area contributed by atoms with Crippen molar-refractivity contribution < 1.29 is 4.74 Å². The summed E-state index contributed by atoms with van der Waals surface area (Å²) in [5, 5.41) is 0. The minimum Gasteiger partial charge on any atom is -0.492 e. The van der Waals surface area contributed by atoms with Crippen LogP contribution in [0, 0.1) is 6.92 Å². The molecule has 0 aliphatic rings. The maximum Gasteiger partial charge on any atom is 0.140 e. The first-order valence-electron chi connectivity index (χ1n) is 7.54. The Labute approximate surface area is 127 Å². The van der Waals surface area contributed by atoms with Crippen molar-refractivity contribution in [3.05, 3.63) is 59.4 Å². The molecule has 0 aliphatic carbocycles. The Morgan fingerprint density at radius 2 is 1.90 bits per heavy atom. The molecule has 3 heteroatoms. The van der Waals surface area contributed by atoms with Crippen LogP contribution in [0.2, 0.25) is 0 Å². The van der Waals surface area contributed by atoms with Crippen molar-refractivity contribution in [2.45, 2.75) is 39.2 Å². The first kappa shape index (κ1) is 15.5. The Morgan fingerprint density at radius 3 is 2.62 bits per heavy atom. The Bertz CT molecular complexity index is 552. The molecule has 0 saturated heterocycles. The molecule has 0 saturated carbocycles. The molecule has 1 unspecified atom stereocenters. The van der Waals surface area contributed by atoms with Crippen LogP contribution in [0.5, 0.6) is 5.75 Å². The molecule has 1 heterocycles. The highest BCUT2D eigenvalue weighted by molar-refractivity contribution is 5.30. The molecule has 0 bridgehead atoms. The van der Waals surface area contributed by atoms with E-state index in [1.165, 1.54) is 5.56 Å². The van der Waals surface area contributed by atoms with Gasteiger partial charge in [0.15, 0.2) is 0 Å². The third-order valence-electron chi connectivity index (χ3n) is 3.30. The fourth-order valence-corrected chi connectivity index (χ4v) is 2.28. The summed E-state index contributed by atoms with van der Waals surface area (Å²) in [5.41, 5.74) is 9.19. The third kappa shape index (κ3) is 5.20. The summed E-state index contributed by atoms with van der Waals surface area (Å²) in [6, 6.07) is 14.6. The van der Waals surface area contributed by atoms with Crippen LogP contribution in [-0.2, 0) is 12.8 Å². The van der Waals surface area contributed by atoms with E-state index in [4.69, 9.17) is 10.5 Å². The van der Waals surface area contributed by atoms with Crippen LogP contribution in [0.15, 0.2) is 42.5 Å². The van der Waals surface area contributed by atoms with Crippen molar-refractivity contribution in [1.29, 1.82) is 0 Å². The van der Waals surface area contributed by atoms with Gasteiger partial charge in [-0.1, -0.05) is 30.3 Å². The SMILES string of the molecule is Cc1ccc(OCCCc2ccccc2)c(CC(C)N)n1. The zero-order valence-corrected chi connectivity index (χ0v) is 12.9. The Hall–Kier alpha value is -1.87. The minimum atomic E-state index is 0.0889. The molecular formula is C18H24N2O. The summed E-state index contributed by atoms with van der Waals surface area (Å²) in [6.07, 6.45) is 2.77. The smallest absolute Gasteiger partial charge is 0.140 e. The van der Waals surface area contributed by atoms with Crippen molar-refractivity contribution in [3.63, 3.8) is 0 Å². The molecule has 2 N–H and O–H groups in total. The van der Waals surface area contributed by atoms with Crippen LogP contribution >= 0.6 is 0 Å². The first-order chi connectivity index (χ1) is 10.1. The van der Waals surface area contributed by atoms with E-state index in [9.17, 15) is 0 Å². The van der Waals surface area contributed by atoms with Gasteiger partial charge in [0.1, 0.15) is 5.75 Å². The number of ether oxygens (including phenoxy) is 1. The van der Waals surface area contributed by atoms with E-state index >= 15 is 0 Å². The predicted octanol–water partition coefficient (Wildman–Crippen LogP) is 3.29. The van der Waals surface area contributed by atoms with E-state index in [2.05, 4.69) is 29.2 Å². The number of hydrogen-bond acceptors (Lipinski definition) is 3. The van der Waals surface area contributed by atoms with Gasteiger partial charge in [-0.15, -0.1) is 0 Å². The molecule has 1 aromatic carbocycles. The minimum absolute atomic E-state index is 0.0889. The number of hydrogen-bond donors (Lipinski definition) is 1. The van der Waals surface area contributed by atoms with Gasteiger partial charge in [-0.25, -0.2) is 0 Å². The van der Waals surface area contributed by atoms with Gasteiger partial charge in [-0.3, -0.25) is 4.98 Å². The van der Waals surface area contributed by atoms with Gasteiger partial charge in [0, 0.05) is 18.2 Å². The Morgan fingerprint density at radius 1 is 1.14 bits per heavy atom. The monoisotopic (exact) mass is 284 g/mol. The normalized spacial score (nSPS) is 12.1. The highest BCUT2D eigenvalue weighted by Crippen LogP contribution is 2.18. The summed E-state index contributed by atoms with van der Waals surface area (Å²) in [5.74, 6) is 0.867. The molecule has 0 fully saturated rings. The van der Waals surface area contributed by atoms with Crippen LogP contribution in [0.1, 0.15) is 30.3 Å². The molecule has 0 amide bonds. The van der Waals surface area contributed by atoms with Crippen LogP contribution in [0.3, 0.4) is 0 Å². The van der Waals surface area contributed by atoms with Crippen molar-refractivity contribution in [3.8, 4) is 5.75 Å². The van der Waals surface area contributed by atoms with Crippen molar-refractivity contribution in [2.75, 3.05) is 6.61 Å². The average Bonchev–Trinajstić information content (AvgIpc) is 2.46. The molecule has 1 atom stereocenters. The van der Waals surface area contributed by atoms with E-state index in [0.717, 1.165) is 36.4 Å². The molecule has 1 aromatic heterocycles. The van der Waals surface area contributed by atoms with E-state index < -0.39 is 0 Å². The molecule has 0 spiro atoms. The molecule has 2 rings (SSSR count). The fourth-order valence-electron chi connectivity index (χ4n) is 2.28. The van der Waals surface area contributed by atoms with Crippen LogP contribution in [0.4, 0.5) is 0 Å². The van der Waals surface area contributed by atoms with Crippen LogP contribution in [-0.4, -0.2) is 17.6 Å². The Balaban J connectivity index is 1.87. The van der Waals surface area contributed by atoms with Gasteiger partial charge in [0.25, 0.3) is 0 Å². The second-order valence-electron chi connectivity index (χ2n) is 5.52. The van der Waals surface area contributed by atoms with Crippen molar-refractivity contribution in [2.24, 2.45) is 5.73 Å². The molecule has 112 valence electrons. The summed E-state index contributed by atoms with van der Waals surface area (Å²) in [6.45, 7) is 4.68. The molecule has 3 nitrogen and oxygen atoms in total. The topological polar surface area (TPSA) is 48.1 Å². The van der Waals surface area contributed by atoms with Gasteiger partial charge >= 0.3 is 0 Å². The van der Waals surface area contributed by atoms with E-state index in [1.54, 1.807) is 0 Å². The second-order valence-corrected chi connectivity index (χ2v) is 5.52. The lowest BCUT2D eigenvalue weighted by Crippen LogP contribution is -2.19. The molecular weight excluding hydrogens is 260 g/mol. The van der Waals surface area contributed by atoms with Crippen LogP contribution in [0.25, 0.3) is 0 Å².